The number of esters is 3. The highest BCUT2D eigenvalue weighted by Gasteiger charge is 2.19. The second-order valence-corrected chi connectivity index (χ2v) is 16.7. The van der Waals surface area contributed by atoms with Crippen LogP contribution >= 0.6 is 0 Å². The van der Waals surface area contributed by atoms with Crippen LogP contribution in [0.2, 0.25) is 0 Å². The SMILES string of the molecule is CC\C=C/C=C\C=C/CCCCCCCCCC(=O)OCC(COC(=O)CCCCCCC/C=C\C/C=C\CC)OC(=O)CCCCCCCCCCCCCCCCC. The summed E-state index contributed by atoms with van der Waals surface area (Å²) in [6.07, 6.45) is 59.2. The predicted molar refractivity (Wildman–Crippen MR) is 256 cm³/mol. The Morgan fingerprint density at radius 2 is 0.733 bits per heavy atom. The fourth-order valence-corrected chi connectivity index (χ4v) is 7.07. The van der Waals surface area contributed by atoms with Crippen LogP contribution in [0.1, 0.15) is 245 Å². The van der Waals surface area contributed by atoms with Crippen molar-refractivity contribution in [1.29, 1.82) is 0 Å². The van der Waals surface area contributed by atoms with Gasteiger partial charge in [-0.2, -0.15) is 0 Å². The van der Waals surface area contributed by atoms with Crippen molar-refractivity contribution in [3.8, 4) is 0 Å². The molecule has 0 radical (unpaired) electrons. The Morgan fingerprint density at radius 3 is 1.18 bits per heavy atom. The molecule has 0 aromatic heterocycles. The number of allylic oxidation sites excluding steroid dienone is 10. The van der Waals surface area contributed by atoms with Gasteiger partial charge in [-0.15, -0.1) is 0 Å². The van der Waals surface area contributed by atoms with Crippen molar-refractivity contribution in [2.75, 3.05) is 13.2 Å². The monoisotopic (exact) mass is 839 g/mol. The Kier molecular flexibility index (Phi) is 46.4. The van der Waals surface area contributed by atoms with Crippen molar-refractivity contribution in [1.82, 2.24) is 0 Å². The number of rotatable bonds is 45. The van der Waals surface area contributed by atoms with Gasteiger partial charge in [0.25, 0.3) is 0 Å². The largest absolute Gasteiger partial charge is 0.462 e. The van der Waals surface area contributed by atoms with Gasteiger partial charge in [0.15, 0.2) is 6.10 Å². The zero-order valence-corrected chi connectivity index (χ0v) is 39.5. The third-order valence-corrected chi connectivity index (χ3v) is 10.8. The lowest BCUT2D eigenvalue weighted by atomic mass is 10.0. The van der Waals surface area contributed by atoms with Crippen molar-refractivity contribution >= 4 is 17.9 Å². The smallest absolute Gasteiger partial charge is 0.306 e. The third kappa shape index (κ3) is 46.2. The molecule has 346 valence electrons. The fourth-order valence-electron chi connectivity index (χ4n) is 7.07. The molecular weight excluding hydrogens is 745 g/mol. The molecule has 0 aromatic rings. The summed E-state index contributed by atoms with van der Waals surface area (Å²) >= 11 is 0. The minimum absolute atomic E-state index is 0.0836. The molecular formula is C54H94O6. The molecule has 1 atom stereocenters. The van der Waals surface area contributed by atoms with Crippen LogP contribution in [0, 0.1) is 0 Å². The average Bonchev–Trinajstić information content (AvgIpc) is 3.24. The molecule has 0 fully saturated rings. The quantitative estimate of drug-likeness (QED) is 0.0200. The molecule has 6 nitrogen and oxygen atoms in total. The Hall–Kier alpha value is -2.89. The van der Waals surface area contributed by atoms with Crippen LogP contribution in [0.5, 0.6) is 0 Å². The summed E-state index contributed by atoms with van der Waals surface area (Å²) in [6, 6.07) is 0. The summed E-state index contributed by atoms with van der Waals surface area (Å²) in [6.45, 7) is 6.39. The van der Waals surface area contributed by atoms with Crippen LogP contribution in [-0.4, -0.2) is 37.2 Å². The van der Waals surface area contributed by atoms with E-state index in [1.807, 2.05) is 0 Å². The summed E-state index contributed by atoms with van der Waals surface area (Å²) in [5, 5.41) is 0. The number of hydrogen-bond donors (Lipinski definition) is 0. The minimum atomic E-state index is -0.781. The maximum absolute atomic E-state index is 12.8. The molecule has 0 heterocycles. The summed E-state index contributed by atoms with van der Waals surface area (Å²) in [5.41, 5.74) is 0. The van der Waals surface area contributed by atoms with Crippen molar-refractivity contribution in [3.63, 3.8) is 0 Å². The van der Waals surface area contributed by atoms with Gasteiger partial charge in [0.1, 0.15) is 13.2 Å². The van der Waals surface area contributed by atoms with Gasteiger partial charge in [0.2, 0.25) is 0 Å². The lowest BCUT2D eigenvalue weighted by molar-refractivity contribution is -0.167. The van der Waals surface area contributed by atoms with E-state index in [4.69, 9.17) is 14.2 Å². The molecule has 0 aromatic carbocycles. The molecule has 0 saturated heterocycles. The van der Waals surface area contributed by atoms with E-state index in [2.05, 4.69) is 81.5 Å². The lowest BCUT2D eigenvalue weighted by Gasteiger charge is -2.18. The first kappa shape index (κ1) is 57.1. The van der Waals surface area contributed by atoms with E-state index in [1.165, 1.54) is 109 Å². The third-order valence-electron chi connectivity index (χ3n) is 10.8. The number of carbonyl (C=O) groups excluding carboxylic acids is 3. The molecule has 6 heteroatoms. The second kappa shape index (κ2) is 48.8. The highest BCUT2D eigenvalue weighted by molar-refractivity contribution is 5.71. The highest BCUT2D eigenvalue weighted by Crippen LogP contribution is 2.15. The van der Waals surface area contributed by atoms with Crippen LogP contribution in [0.3, 0.4) is 0 Å². The highest BCUT2D eigenvalue weighted by atomic mass is 16.6. The first-order chi connectivity index (χ1) is 29.5. The van der Waals surface area contributed by atoms with Crippen molar-refractivity contribution in [2.45, 2.75) is 252 Å². The predicted octanol–water partition coefficient (Wildman–Crippen LogP) is 16.5. The van der Waals surface area contributed by atoms with E-state index >= 15 is 0 Å². The van der Waals surface area contributed by atoms with Crippen molar-refractivity contribution in [3.05, 3.63) is 60.8 Å². The molecule has 60 heavy (non-hydrogen) atoms. The zero-order valence-electron chi connectivity index (χ0n) is 39.5. The van der Waals surface area contributed by atoms with E-state index in [0.29, 0.717) is 19.3 Å². The maximum atomic E-state index is 12.8. The van der Waals surface area contributed by atoms with E-state index in [1.54, 1.807) is 0 Å². The minimum Gasteiger partial charge on any atom is -0.462 e. The lowest BCUT2D eigenvalue weighted by Crippen LogP contribution is -2.30. The van der Waals surface area contributed by atoms with Crippen LogP contribution < -0.4 is 0 Å². The Morgan fingerprint density at radius 1 is 0.367 bits per heavy atom. The van der Waals surface area contributed by atoms with Gasteiger partial charge in [0, 0.05) is 19.3 Å². The number of hydrogen-bond acceptors (Lipinski definition) is 6. The molecule has 0 rings (SSSR count). The molecule has 1 unspecified atom stereocenters. The number of unbranched alkanes of at least 4 members (excludes halogenated alkanes) is 26. The van der Waals surface area contributed by atoms with E-state index in [9.17, 15) is 14.4 Å². The van der Waals surface area contributed by atoms with E-state index < -0.39 is 6.10 Å². The molecule has 0 N–H and O–H groups in total. The number of ether oxygens (including phenoxy) is 3. The molecule has 0 aliphatic heterocycles. The van der Waals surface area contributed by atoms with Gasteiger partial charge in [-0.05, 0) is 64.2 Å². The van der Waals surface area contributed by atoms with Crippen LogP contribution in [-0.2, 0) is 28.6 Å². The van der Waals surface area contributed by atoms with Gasteiger partial charge in [-0.3, -0.25) is 14.4 Å². The zero-order chi connectivity index (χ0) is 43.7. The molecule has 0 amide bonds. The van der Waals surface area contributed by atoms with Crippen LogP contribution in [0.15, 0.2) is 60.8 Å². The van der Waals surface area contributed by atoms with E-state index in [0.717, 1.165) is 96.3 Å². The fraction of sp³-hybridized carbons (Fsp3) is 0.759. The Balaban J connectivity index is 4.39. The van der Waals surface area contributed by atoms with Gasteiger partial charge >= 0.3 is 17.9 Å². The molecule has 0 aliphatic rings. The van der Waals surface area contributed by atoms with Crippen molar-refractivity contribution in [2.24, 2.45) is 0 Å². The topological polar surface area (TPSA) is 78.9 Å². The molecule has 0 aliphatic carbocycles. The summed E-state index contributed by atoms with van der Waals surface area (Å²) in [4.78, 5) is 37.9. The van der Waals surface area contributed by atoms with Crippen LogP contribution in [0.25, 0.3) is 0 Å². The molecule has 0 saturated carbocycles. The average molecular weight is 839 g/mol. The van der Waals surface area contributed by atoms with Crippen molar-refractivity contribution < 1.29 is 28.6 Å². The van der Waals surface area contributed by atoms with E-state index in [-0.39, 0.29) is 31.1 Å². The molecule has 0 bridgehead atoms. The summed E-state index contributed by atoms with van der Waals surface area (Å²) in [5.74, 6) is -0.904. The second-order valence-electron chi connectivity index (χ2n) is 16.7. The molecule has 0 spiro atoms. The maximum Gasteiger partial charge on any atom is 0.306 e. The Bertz CT molecular complexity index is 1100. The normalized spacial score (nSPS) is 12.5. The van der Waals surface area contributed by atoms with Gasteiger partial charge in [-0.1, -0.05) is 223 Å². The standard InChI is InChI=1S/C54H94O6/c1-4-7-10-13-16-19-22-25-27-29-32-35-38-41-44-47-53(56)59-50-51(49-58-52(55)46-43-40-37-34-31-24-21-18-15-12-9-6-3)60-54(57)48-45-42-39-36-33-30-28-26-23-20-17-14-11-8-5-2/h7,9-10,12-13,16,18-19,21-22,51H,4-6,8,11,14-15,17,20,23-50H2,1-3H3/b10-7-,12-9-,16-13-,21-18-,22-19-. The first-order valence-electron chi connectivity index (χ1n) is 25.3. The van der Waals surface area contributed by atoms with Gasteiger partial charge < -0.3 is 14.2 Å². The Labute approximate surface area is 370 Å². The summed E-state index contributed by atoms with van der Waals surface area (Å²) in [7, 11) is 0. The van der Waals surface area contributed by atoms with Crippen LogP contribution in [0.4, 0.5) is 0 Å². The number of carbonyl (C=O) groups is 3. The summed E-state index contributed by atoms with van der Waals surface area (Å²) < 4.78 is 16.8. The van der Waals surface area contributed by atoms with Gasteiger partial charge in [-0.25, -0.2) is 0 Å². The first-order valence-corrected chi connectivity index (χ1v) is 25.3. The van der Waals surface area contributed by atoms with Gasteiger partial charge in [0.05, 0.1) is 0 Å².